The highest BCUT2D eigenvalue weighted by atomic mass is 16.6. The Hall–Kier alpha value is -7.34. The number of para-hydroxylation sites is 1. The van der Waals surface area contributed by atoms with Gasteiger partial charge >= 0.3 is 12.1 Å². The number of carbonyl (C=O) groups is 8. The Labute approximate surface area is 536 Å². The zero-order valence-corrected chi connectivity index (χ0v) is 54.2. The average Bonchev–Trinajstić information content (AvgIpc) is 0.909. The highest BCUT2D eigenvalue weighted by Crippen LogP contribution is 2.27. The first kappa shape index (κ1) is 76.1. The number of ketones is 2. The SMILES string of the molecule is COCCOCCOCCOCCOCCOCCOCCOCCC(=O)NC[C@H](NC(=O)CCC(=O)N1Cc2ccccc2C#Cc2ccccc21)C(=O)C[C@H](C(=O)N[C@@H](CCCNC(N)=O)C(=O)Cc1ccc(COC(=O)N(C(C)C)C(C)C)cc1)C(C)C. The molecule has 24 nitrogen and oxygen atoms in total. The number of ether oxygens (including phenoxy) is 9. The first-order valence-corrected chi connectivity index (χ1v) is 31.4. The standard InChI is InChI=1S/C67H97N7O17/c1-48(2)56(65(80)72-57(16-12-27-69-66(68)81)60(75)43-51-18-20-52(21-19-51)47-91-67(82)74(49(3)4)50(5)6)44-61(76)58(71-63(78)24-25-64(79)73-46-55-15-9-8-13-53(55)22-23-54-14-10-11-17-59(54)73)45-70-62(77)26-28-84-31-32-86-35-36-88-39-40-90-42-41-89-38-37-87-34-33-85-30-29-83-7/h8-11,13-15,17-21,48-50,56-58H,12,16,24-47H2,1-7H3,(H,70,77)(H,71,78)(H,72,80)(H3,68,69,81)/t56-,57-,58-/m0/s1. The monoisotopic (exact) mass is 1270 g/mol. The van der Waals surface area contributed by atoms with Gasteiger partial charge in [0.1, 0.15) is 12.6 Å². The molecule has 0 bridgehead atoms. The molecule has 7 amide bonds. The van der Waals surface area contributed by atoms with Gasteiger partial charge in [-0.05, 0) is 81.3 Å². The molecule has 3 aromatic rings. The van der Waals surface area contributed by atoms with Crippen LogP contribution in [0.5, 0.6) is 0 Å². The van der Waals surface area contributed by atoms with E-state index in [1.54, 1.807) is 67.2 Å². The molecule has 4 rings (SSSR count). The zero-order chi connectivity index (χ0) is 66.2. The van der Waals surface area contributed by atoms with Crippen molar-refractivity contribution in [1.82, 2.24) is 26.2 Å². The fraction of sp³-hybridized carbons (Fsp3) is 0.582. The van der Waals surface area contributed by atoms with Crippen molar-refractivity contribution in [2.24, 2.45) is 17.6 Å². The van der Waals surface area contributed by atoms with Crippen LogP contribution in [0, 0.1) is 23.7 Å². The van der Waals surface area contributed by atoms with Crippen molar-refractivity contribution < 1.29 is 81.0 Å². The molecule has 0 saturated carbocycles. The maximum absolute atomic E-state index is 14.5. The molecule has 0 unspecified atom stereocenters. The molecule has 6 N–H and O–H groups in total. The molecule has 0 aliphatic carbocycles. The van der Waals surface area contributed by atoms with Crippen LogP contribution in [0.2, 0.25) is 0 Å². The maximum Gasteiger partial charge on any atom is 0.410 e. The first-order valence-electron chi connectivity index (χ1n) is 31.4. The third-order valence-electron chi connectivity index (χ3n) is 14.4. The lowest BCUT2D eigenvalue weighted by Crippen LogP contribution is -2.51. The van der Waals surface area contributed by atoms with E-state index >= 15 is 0 Å². The second-order valence-corrected chi connectivity index (χ2v) is 22.5. The van der Waals surface area contributed by atoms with E-state index in [2.05, 4.69) is 33.1 Å². The summed E-state index contributed by atoms with van der Waals surface area (Å²) < 4.78 is 49.0. The minimum Gasteiger partial charge on any atom is -0.445 e. The minimum atomic E-state index is -1.32. The van der Waals surface area contributed by atoms with Gasteiger partial charge in [0.2, 0.25) is 23.6 Å². The predicted molar refractivity (Wildman–Crippen MR) is 341 cm³/mol. The molecule has 0 radical (unpaired) electrons. The zero-order valence-electron chi connectivity index (χ0n) is 54.2. The molecular weight excluding hydrogens is 1170 g/mol. The summed E-state index contributed by atoms with van der Waals surface area (Å²) in [7, 11) is 1.62. The van der Waals surface area contributed by atoms with E-state index in [9.17, 15) is 38.4 Å². The number of amides is 7. The van der Waals surface area contributed by atoms with Crippen molar-refractivity contribution >= 4 is 53.0 Å². The van der Waals surface area contributed by atoms with Gasteiger partial charge in [0.25, 0.3) is 0 Å². The minimum absolute atomic E-state index is 0.0219. The Morgan fingerprint density at radius 2 is 1.10 bits per heavy atom. The van der Waals surface area contributed by atoms with Crippen LogP contribution in [-0.4, -0.2) is 196 Å². The molecular formula is C67H97N7O17. The molecule has 502 valence electrons. The van der Waals surface area contributed by atoms with Crippen LogP contribution in [0.4, 0.5) is 15.3 Å². The van der Waals surface area contributed by atoms with Crippen LogP contribution < -0.4 is 31.9 Å². The fourth-order valence-corrected chi connectivity index (χ4v) is 9.52. The lowest BCUT2D eigenvalue weighted by atomic mass is 9.87. The van der Waals surface area contributed by atoms with Gasteiger partial charge in [-0.25, -0.2) is 9.59 Å². The van der Waals surface area contributed by atoms with Gasteiger partial charge < -0.3 is 79.4 Å². The van der Waals surface area contributed by atoms with Gasteiger partial charge in [-0.3, -0.25) is 28.8 Å². The molecule has 3 atom stereocenters. The van der Waals surface area contributed by atoms with E-state index in [1.807, 2.05) is 64.1 Å². The number of hydrogen-bond acceptors (Lipinski definition) is 17. The number of Topliss-reactive ketones (excluding diaryl/α,β-unsaturated/α-hetero) is 2. The lowest BCUT2D eigenvalue weighted by molar-refractivity contribution is -0.135. The van der Waals surface area contributed by atoms with Gasteiger partial charge in [0.15, 0.2) is 11.6 Å². The lowest BCUT2D eigenvalue weighted by Gasteiger charge is -2.29. The van der Waals surface area contributed by atoms with Crippen LogP contribution in [0.15, 0.2) is 72.8 Å². The molecule has 91 heavy (non-hydrogen) atoms. The van der Waals surface area contributed by atoms with Crippen LogP contribution >= 0.6 is 0 Å². The van der Waals surface area contributed by atoms with Crippen molar-refractivity contribution in [1.29, 1.82) is 0 Å². The number of nitrogens with two attached hydrogens (primary N) is 1. The Bertz CT molecular complexity index is 2760. The first-order chi connectivity index (χ1) is 43.9. The number of nitrogens with zero attached hydrogens (tertiary/aromatic N) is 2. The van der Waals surface area contributed by atoms with Crippen molar-refractivity contribution in [2.45, 2.75) is 124 Å². The average molecular weight is 1270 g/mol. The second kappa shape index (κ2) is 44.2. The summed E-state index contributed by atoms with van der Waals surface area (Å²) in [5.74, 6) is 1.93. The third-order valence-corrected chi connectivity index (χ3v) is 14.4. The number of methoxy groups -OCH3 is 1. The van der Waals surface area contributed by atoms with Crippen molar-refractivity contribution in [3.8, 4) is 11.8 Å². The Morgan fingerprint density at radius 3 is 1.66 bits per heavy atom. The molecule has 24 heteroatoms. The number of primary amides is 1. The molecule has 0 aromatic heterocycles. The number of fused-ring (bicyclic) bond motifs is 2. The molecule has 3 aromatic carbocycles. The molecule has 1 aliphatic rings. The summed E-state index contributed by atoms with van der Waals surface area (Å²) >= 11 is 0. The van der Waals surface area contributed by atoms with E-state index < -0.39 is 66.0 Å². The largest absolute Gasteiger partial charge is 0.445 e. The van der Waals surface area contributed by atoms with E-state index in [1.165, 1.54) is 0 Å². The summed E-state index contributed by atoms with van der Waals surface area (Å²) in [6.07, 6.45) is -1.14. The smallest absolute Gasteiger partial charge is 0.410 e. The number of anilines is 1. The maximum atomic E-state index is 14.5. The highest BCUT2D eigenvalue weighted by molar-refractivity contribution is 5.98. The Morgan fingerprint density at radius 1 is 0.571 bits per heavy atom. The third kappa shape index (κ3) is 30.6. The van der Waals surface area contributed by atoms with Crippen LogP contribution in [0.3, 0.4) is 0 Å². The Balaban J connectivity index is 1.33. The summed E-state index contributed by atoms with van der Waals surface area (Å²) in [5, 5.41) is 10.8. The highest BCUT2D eigenvalue weighted by Gasteiger charge is 2.33. The predicted octanol–water partition coefficient (Wildman–Crippen LogP) is 5.20. The summed E-state index contributed by atoms with van der Waals surface area (Å²) in [4.78, 5) is 112. The summed E-state index contributed by atoms with van der Waals surface area (Å²) in [5.41, 5.74) is 9.48. The molecule has 0 spiro atoms. The van der Waals surface area contributed by atoms with Gasteiger partial charge in [0.05, 0.1) is 117 Å². The van der Waals surface area contributed by atoms with Crippen LogP contribution in [0.25, 0.3) is 0 Å². The Kier molecular flexibility index (Phi) is 37.0. The van der Waals surface area contributed by atoms with Gasteiger partial charge in [-0.1, -0.05) is 80.3 Å². The number of hydrogen-bond donors (Lipinski definition) is 5. The van der Waals surface area contributed by atoms with E-state index in [4.69, 9.17) is 48.4 Å². The number of nitrogens with one attached hydrogen (secondary N) is 4. The van der Waals surface area contributed by atoms with Gasteiger partial charge in [-0.2, -0.15) is 0 Å². The van der Waals surface area contributed by atoms with Gasteiger partial charge in [0, 0.05) is 81.4 Å². The van der Waals surface area contributed by atoms with E-state index in [0.29, 0.717) is 102 Å². The topological polar surface area (TPSA) is 300 Å². The summed E-state index contributed by atoms with van der Waals surface area (Å²) in [6, 6.07) is 18.5. The van der Waals surface area contributed by atoms with Crippen molar-refractivity contribution in [3.63, 3.8) is 0 Å². The summed E-state index contributed by atoms with van der Waals surface area (Å²) in [6.45, 7) is 16.9. The number of rotatable bonds is 47. The van der Waals surface area contributed by atoms with E-state index in [0.717, 1.165) is 11.1 Å². The second-order valence-electron chi connectivity index (χ2n) is 22.5. The number of carbonyl (C=O) groups excluding carboxylic acids is 8. The quantitative estimate of drug-likeness (QED) is 0.0359. The molecule has 1 heterocycles. The van der Waals surface area contributed by atoms with Crippen molar-refractivity contribution in [3.05, 3.63) is 101 Å². The van der Waals surface area contributed by atoms with Crippen LogP contribution in [0.1, 0.15) is 108 Å². The van der Waals surface area contributed by atoms with Crippen molar-refractivity contribution in [2.75, 3.05) is 124 Å². The van der Waals surface area contributed by atoms with Crippen LogP contribution in [-0.2, 0) is 91.0 Å². The fourth-order valence-electron chi connectivity index (χ4n) is 9.52. The molecule has 0 saturated heterocycles. The van der Waals surface area contributed by atoms with E-state index in [-0.39, 0.29) is 108 Å². The number of urea groups is 1. The number of benzene rings is 3. The normalized spacial score (nSPS) is 12.7. The molecule has 0 fully saturated rings. The molecule has 1 aliphatic heterocycles. The van der Waals surface area contributed by atoms with Gasteiger partial charge in [-0.15, -0.1) is 0 Å².